The van der Waals surface area contributed by atoms with Gasteiger partial charge in [-0.05, 0) is 38.5 Å². The standard InChI is InChI=1S/C13H24O2/c1-2-15-13(9-3-4-10-13)12(14)8-7-11-5-6-11/h11-12,14H,2-10H2,1H3. The SMILES string of the molecule is CCOC1(C(O)CCC2CC2)CCCC1. The van der Waals surface area contributed by atoms with Crippen molar-refractivity contribution in [2.75, 3.05) is 6.61 Å². The van der Waals surface area contributed by atoms with Crippen LogP contribution < -0.4 is 0 Å². The molecule has 0 aliphatic heterocycles. The quantitative estimate of drug-likeness (QED) is 0.733. The Morgan fingerprint density at radius 2 is 2.00 bits per heavy atom. The summed E-state index contributed by atoms with van der Waals surface area (Å²) in [5, 5.41) is 10.3. The smallest absolute Gasteiger partial charge is 0.0939 e. The normalized spacial score (nSPS) is 26.8. The minimum Gasteiger partial charge on any atom is -0.390 e. The monoisotopic (exact) mass is 212 g/mol. The number of hydrogen-bond donors (Lipinski definition) is 1. The van der Waals surface area contributed by atoms with Crippen LogP contribution in [0.5, 0.6) is 0 Å². The number of aliphatic hydroxyl groups excluding tert-OH is 1. The molecule has 2 aliphatic carbocycles. The fourth-order valence-corrected chi connectivity index (χ4v) is 2.90. The largest absolute Gasteiger partial charge is 0.390 e. The summed E-state index contributed by atoms with van der Waals surface area (Å²) in [5.74, 6) is 0.916. The Kier molecular flexibility index (Phi) is 3.68. The number of hydrogen-bond acceptors (Lipinski definition) is 2. The molecular weight excluding hydrogens is 188 g/mol. The first-order valence-electron chi connectivity index (χ1n) is 6.59. The van der Waals surface area contributed by atoms with Gasteiger partial charge in [0, 0.05) is 6.61 Å². The topological polar surface area (TPSA) is 29.5 Å². The van der Waals surface area contributed by atoms with Gasteiger partial charge in [0.15, 0.2) is 0 Å². The molecule has 0 aromatic carbocycles. The third-order valence-electron chi connectivity index (χ3n) is 4.03. The zero-order chi connectivity index (χ0) is 10.7. The van der Waals surface area contributed by atoms with Gasteiger partial charge in [0.05, 0.1) is 11.7 Å². The van der Waals surface area contributed by atoms with Crippen molar-refractivity contribution >= 4 is 0 Å². The molecule has 1 N–H and O–H groups in total. The molecule has 0 bridgehead atoms. The van der Waals surface area contributed by atoms with E-state index in [-0.39, 0.29) is 11.7 Å². The Hall–Kier alpha value is -0.0800. The van der Waals surface area contributed by atoms with Crippen LogP contribution in [0.4, 0.5) is 0 Å². The maximum atomic E-state index is 10.3. The van der Waals surface area contributed by atoms with Gasteiger partial charge in [0.25, 0.3) is 0 Å². The van der Waals surface area contributed by atoms with Crippen molar-refractivity contribution in [1.29, 1.82) is 0 Å². The molecule has 2 saturated carbocycles. The summed E-state index contributed by atoms with van der Waals surface area (Å²) in [6.45, 7) is 2.77. The van der Waals surface area contributed by atoms with Crippen molar-refractivity contribution in [1.82, 2.24) is 0 Å². The molecule has 1 atom stereocenters. The first-order chi connectivity index (χ1) is 7.27. The van der Waals surface area contributed by atoms with E-state index in [1.165, 1.54) is 32.1 Å². The number of ether oxygens (including phenoxy) is 1. The van der Waals surface area contributed by atoms with Crippen molar-refractivity contribution in [2.24, 2.45) is 5.92 Å². The molecule has 0 saturated heterocycles. The van der Waals surface area contributed by atoms with E-state index < -0.39 is 0 Å². The van der Waals surface area contributed by atoms with E-state index in [4.69, 9.17) is 4.74 Å². The van der Waals surface area contributed by atoms with Crippen LogP contribution in [0.25, 0.3) is 0 Å². The number of aliphatic hydroxyl groups is 1. The summed E-state index contributed by atoms with van der Waals surface area (Å²) in [6.07, 6.45) is 9.27. The lowest BCUT2D eigenvalue weighted by Crippen LogP contribution is -2.42. The molecule has 0 radical (unpaired) electrons. The summed E-state index contributed by atoms with van der Waals surface area (Å²) < 4.78 is 5.85. The summed E-state index contributed by atoms with van der Waals surface area (Å²) in [6, 6.07) is 0. The van der Waals surface area contributed by atoms with E-state index in [0.29, 0.717) is 0 Å². The highest BCUT2D eigenvalue weighted by molar-refractivity contribution is 4.93. The van der Waals surface area contributed by atoms with E-state index in [9.17, 15) is 5.11 Å². The molecular formula is C13H24O2. The van der Waals surface area contributed by atoms with Crippen molar-refractivity contribution < 1.29 is 9.84 Å². The van der Waals surface area contributed by atoms with Crippen molar-refractivity contribution in [3.05, 3.63) is 0 Å². The Morgan fingerprint density at radius 3 is 2.53 bits per heavy atom. The molecule has 0 aromatic heterocycles. The molecule has 88 valence electrons. The van der Waals surface area contributed by atoms with Crippen LogP contribution in [-0.4, -0.2) is 23.4 Å². The summed E-state index contributed by atoms with van der Waals surface area (Å²) in [4.78, 5) is 0. The lowest BCUT2D eigenvalue weighted by molar-refractivity contribution is -0.119. The van der Waals surface area contributed by atoms with Crippen molar-refractivity contribution in [2.45, 2.75) is 70.0 Å². The van der Waals surface area contributed by atoms with E-state index >= 15 is 0 Å². The van der Waals surface area contributed by atoms with Gasteiger partial charge < -0.3 is 9.84 Å². The van der Waals surface area contributed by atoms with Crippen LogP contribution in [0.2, 0.25) is 0 Å². The van der Waals surface area contributed by atoms with Crippen LogP contribution in [0.15, 0.2) is 0 Å². The Bertz CT molecular complexity index is 193. The first-order valence-corrected chi connectivity index (χ1v) is 6.59. The molecule has 2 fully saturated rings. The fourth-order valence-electron chi connectivity index (χ4n) is 2.90. The van der Waals surface area contributed by atoms with E-state index in [1.54, 1.807) is 0 Å². The molecule has 1 unspecified atom stereocenters. The Morgan fingerprint density at radius 1 is 1.33 bits per heavy atom. The van der Waals surface area contributed by atoms with Gasteiger partial charge in [-0.15, -0.1) is 0 Å². The lowest BCUT2D eigenvalue weighted by atomic mass is 9.90. The second-order valence-electron chi connectivity index (χ2n) is 5.24. The zero-order valence-electron chi connectivity index (χ0n) is 9.87. The van der Waals surface area contributed by atoms with E-state index in [0.717, 1.165) is 31.8 Å². The Balaban J connectivity index is 1.84. The molecule has 2 aliphatic rings. The second kappa shape index (κ2) is 4.84. The summed E-state index contributed by atoms with van der Waals surface area (Å²) in [5.41, 5.74) is -0.177. The van der Waals surface area contributed by atoms with Gasteiger partial charge in [-0.3, -0.25) is 0 Å². The highest BCUT2D eigenvalue weighted by Gasteiger charge is 2.41. The van der Waals surface area contributed by atoms with Gasteiger partial charge in [0.1, 0.15) is 0 Å². The highest BCUT2D eigenvalue weighted by Crippen LogP contribution is 2.40. The van der Waals surface area contributed by atoms with Gasteiger partial charge >= 0.3 is 0 Å². The molecule has 0 amide bonds. The van der Waals surface area contributed by atoms with Crippen LogP contribution in [-0.2, 0) is 4.74 Å². The van der Waals surface area contributed by atoms with E-state index in [1.807, 2.05) is 6.92 Å². The zero-order valence-corrected chi connectivity index (χ0v) is 9.87. The molecule has 0 aromatic rings. The molecule has 2 heteroatoms. The van der Waals surface area contributed by atoms with E-state index in [2.05, 4.69) is 0 Å². The van der Waals surface area contributed by atoms with Gasteiger partial charge in [-0.1, -0.05) is 25.7 Å². The third kappa shape index (κ3) is 2.73. The van der Waals surface area contributed by atoms with Crippen LogP contribution in [0.1, 0.15) is 58.3 Å². The molecule has 0 spiro atoms. The summed E-state index contributed by atoms with van der Waals surface area (Å²) >= 11 is 0. The average molecular weight is 212 g/mol. The maximum Gasteiger partial charge on any atom is 0.0939 e. The maximum absolute atomic E-state index is 10.3. The predicted molar refractivity (Wildman–Crippen MR) is 60.8 cm³/mol. The van der Waals surface area contributed by atoms with Crippen molar-refractivity contribution in [3.63, 3.8) is 0 Å². The van der Waals surface area contributed by atoms with Crippen LogP contribution >= 0.6 is 0 Å². The number of rotatable bonds is 6. The van der Waals surface area contributed by atoms with Crippen LogP contribution in [0.3, 0.4) is 0 Å². The minimum absolute atomic E-state index is 0.177. The molecule has 15 heavy (non-hydrogen) atoms. The van der Waals surface area contributed by atoms with Gasteiger partial charge in [-0.2, -0.15) is 0 Å². The summed E-state index contributed by atoms with van der Waals surface area (Å²) in [7, 11) is 0. The van der Waals surface area contributed by atoms with Crippen molar-refractivity contribution in [3.8, 4) is 0 Å². The van der Waals surface area contributed by atoms with Gasteiger partial charge in [-0.25, -0.2) is 0 Å². The second-order valence-corrected chi connectivity index (χ2v) is 5.24. The Labute approximate surface area is 93.0 Å². The highest BCUT2D eigenvalue weighted by atomic mass is 16.5. The lowest BCUT2D eigenvalue weighted by Gasteiger charge is -2.34. The molecule has 2 nitrogen and oxygen atoms in total. The minimum atomic E-state index is -0.222. The first kappa shape index (κ1) is 11.4. The molecule has 2 rings (SSSR count). The van der Waals surface area contributed by atoms with Crippen LogP contribution in [0, 0.1) is 5.92 Å². The molecule has 0 heterocycles. The third-order valence-corrected chi connectivity index (χ3v) is 4.03. The average Bonchev–Trinajstić information content (AvgIpc) is 2.94. The predicted octanol–water partition coefficient (Wildman–Crippen LogP) is 2.89. The fraction of sp³-hybridized carbons (Fsp3) is 1.00. The van der Waals surface area contributed by atoms with Gasteiger partial charge in [0.2, 0.25) is 0 Å².